The molecule has 0 unspecified atom stereocenters. The monoisotopic (exact) mass is 449 g/mol. The number of nitrogens with one attached hydrogen (secondary N) is 1. The molecule has 0 aliphatic heterocycles. The van der Waals surface area contributed by atoms with Gasteiger partial charge in [-0.25, -0.2) is 10.2 Å². The Kier molecular flexibility index (Phi) is 6.48. The SMILES string of the molecule is O=C(O)c1cccc(Cn2c(Cl)c(C=NNC(=O)c3cccc(Cl)c3)sc2=O)c1. The van der Waals surface area contributed by atoms with Gasteiger partial charge in [-0.1, -0.05) is 52.7 Å². The molecule has 0 atom stereocenters. The molecule has 2 N–H and O–H groups in total. The summed E-state index contributed by atoms with van der Waals surface area (Å²) in [6, 6.07) is 12.6. The predicted octanol–water partition coefficient (Wildman–Crippen LogP) is 3.73. The number of carboxylic acid groups (broad SMARTS) is 1. The maximum Gasteiger partial charge on any atom is 0.335 e. The van der Waals surface area contributed by atoms with Crippen LogP contribution in [-0.2, 0) is 6.54 Å². The maximum atomic E-state index is 12.3. The summed E-state index contributed by atoms with van der Waals surface area (Å²) in [6.07, 6.45) is 1.28. The van der Waals surface area contributed by atoms with E-state index in [9.17, 15) is 14.4 Å². The number of amides is 1. The van der Waals surface area contributed by atoms with Crippen molar-refractivity contribution in [3.8, 4) is 0 Å². The van der Waals surface area contributed by atoms with E-state index in [0.717, 1.165) is 11.3 Å². The van der Waals surface area contributed by atoms with Gasteiger partial charge in [0, 0.05) is 10.6 Å². The molecule has 7 nitrogen and oxygen atoms in total. The second kappa shape index (κ2) is 9.04. The third-order valence-electron chi connectivity index (χ3n) is 3.81. The number of aromatic nitrogens is 1. The fourth-order valence-electron chi connectivity index (χ4n) is 2.45. The molecular weight excluding hydrogens is 437 g/mol. The summed E-state index contributed by atoms with van der Waals surface area (Å²) in [6.45, 7) is 0.109. The molecule has 0 saturated heterocycles. The lowest BCUT2D eigenvalue weighted by molar-refractivity contribution is 0.0696. The van der Waals surface area contributed by atoms with Gasteiger partial charge in [-0.05, 0) is 35.9 Å². The van der Waals surface area contributed by atoms with Crippen LogP contribution >= 0.6 is 34.5 Å². The first-order valence-corrected chi connectivity index (χ1v) is 9.72. The van der Waals surface area contributed by atoms with Crippen LogP contribution in [0.4, 0.5) is 0 Å². The number of carbonyl (C=O) groups excluding carboxylic acids is 1. The minimum absolute atomic E-state index is 0.109. The normalized spacial score (nSPS) is 11.0. The molecule has 0 fully saturated rings. The van der Waals surface area contributed by atoms with Crippen LogP contribution < -0.4 is 10.3 Å². The molecule has 3 rings (SSSR count). The highest BCUT2D eigenvalue weighted by molar-refractivity contribution is 7.11. The summed E-state index contributed by atoms with van der Waals surface area (Å²) in [5.41, 5.74) is 3.41. The fraction of sp³-hybridized carbons (Fsp3) is 0.0526. The van der Waals surface area contributed by atoms with Crippen LogP contribution in [0.15, 0.2) is 58.4 Å². The highest BCUT2D eigenvalue weighted by atomic mass is 35.5. The average molecular weight is 450 g/mol. The van der Waals surface area contributed by atoms with Gasteiger partial charge in [-0.2, -0.15) is 5.10 Å². The van der Waals surface area contributed by atoms with E-state index in [1.807, 2.05) is 0 Å². The fourth-order valence-corrected chi connectivity index (χ4v) is 3.74. The zero-order valence-electron chi connectivity index (χ0n) is 14.6. The van der Waals surface area contributed by atoms with Crippen LogP contribution in [0.1, 0.15) is 31.2 Å². The summed E-state index contributed by atoms with van der Waals surface area (Å²) in [4.78, 5) is 35.4. The molecule has 3 aromatic rings. The Bertz CT molecular complexity index is 1170. The van der Waals surface area contributed by atoms with E-state index in [4.69, 9.17) is 28.3 Å². The van der Waals surface area contributed by atoms with Crippen molar-refractivity contribution in [3.05, 3.63) is 89.9 Å². The minimum atomic E-state index is -1.06. The van der Waals surface area contributed by atoms with Crippen LogP contribution in [0.3, 0.4) is 0 Å². The molecule has 0 radical (unpaired) electrons. The van der Waals surface area contributed by atoms with Crippen molar-refractivity contribution in [2.45, 2.75) is 6.54 Å². The van der Waals surface area contributed by atoms with Gasteiger partial charge in [0.1, 0.15) is 5.15 Å². The van der Waals surface area contributed by atoms with Gasteiger partial charge in [0.25, 0.3) is 5.91 Å². The minimum Gasteiger partial charge on any atom is -0.478 e. The Hall–Kier alpha value is -2.94. The zero-order chi connectivity index (χ0) is 21.0. The Morgan fingerprint density at radius 2 is 1.86 bits per heavy atom. The van der Waals surface area contributed by atoms with E-state index < -0.39 is 11.9 Å². The largest absolute Gasteiger partial charge is 0.478 e. The third kappa shape index (κ3) is 5.11. The van der Waals surface area contributed by atoms with Crippen LogP contribution in [0, 0.1) is 0 Å². The Balaban J connectivity index is 1.74. The molecule has 1 amide bonds. The first kappa shape index (κ1) is 20.8. The quantitative estimate of drug-likeness (QED) is 0.442. The lowest BCUT2D eigenvalue weighted by atomic mass is 10.1. The average Bonchev–Trinajstić information content (AvgIpc) is 2.95. The number of hydrogen-bond acceptors (Lipinski definition) is 5. The maximum absolute atomic E-state index is 12.3. The second-order valence-electron chi connectivity index (χ2n) is 5.82. The van der Waals surface area contributed by atoms with E-state index in [0.29, 0.717) is 21.0 Å². The molecule has 0 spiro atoms. The highest BCUT2D eigenvalue weighted by Gasteiger charge is 2.13. The number of hydrogen-bond donors (Lipinski definition) is 2. The van der Waals surface area contributed by atoms with Gasteiger partial charge in [0.05, 0.1) is 23.2 Å². The van der Waals surface area contributed by atoms with Crippen LogP contribution in [-0.4, -0.2) is 27.8 Å². The van der Waals surface area contributed by atoms with Gasteiger partial charge in [-0.15, -0.1) is 0 Å². The smallest absolute Gasteiger partial charge is 0.335 e. The molecule has 0 aliphatic carbocycles. The van der Waals surface area contributed by atoms with Crippen molar-refractivity contribution in [1.29, 1.82) is 0 Å². The van der Waals surface area contributed by atoms with Gasteiger partial charge >= 0.3 is 10.8 Å². The van der Waals surface area contributed by atoms with Crippen molar-refractivity contribution in [2.24, 2.45) is 5.10 Å². The Morgan fingerprint density at radius 3 is 2.59 bits per heavy atom. The third-order valence-corrected chi connectivity index (χ3v) is 5.48. The number of carbonyl (C=O) groups is 2. The standard InChI is InChI=1S/C19H13Cl2N3O4S/c20-14-6-2-4-12(8-14)17(25)23-22-9-15-16(21)24(19(28)29-15)10-11-3-1-5-13(7-11)18(26)27/h1-9H,10H2,(H,23,25)(H,26,27). The lowest BCUT2D eigenvalue weighted by Crippen LogP contribution is -2.17. The molecule has 29 heavy (non-hydrogen) atoms. The number of nitrogens with zero attached hydrogens (tertiary/aromatic N) is 2. The lowest BCUT2D eigenvalue weighted by Gasteiger charge is -2.05. The van der Waals surface area contributed by atoms with Crippen molar-refractivity contribution in [1.82, 2.24) is 9.99 Å². The van der Waals surface area contributed by atoms with E-state index in [-0.39, 0.29) is 22.1 Å². The van der Waals surface area contributed by atoms with Crippen LogP contribution in [0.5, 0.6) is 0 Å². The van der Waals surface area contributed by atoms with E-state index in [1.54, 1.807) is 30.3 Å². The van der Waals surface area contributed by atoms with Gasteiger partial charge in [-0.3, -0.25) is 14.2 Å². The van der Waals surface area contributed by atoms with E-state index in [2.05, 4.69) is 10.5 Å². The molecule has 0 aliphatic rings. The summed E-state index contributed by atoms with van der Waals surface area (Å²) in [7, 11) is 0. The van der Waals surface area contributed by atoms with Crippen LogP contribution in [0.25, 0.3) is 0 Å². The highest BCUT2D eigenvalue weighted by Crippen LogP contribution is 2.19. The Labute approximate surface area is 178 Å². The molecule has 148 valence electrons. The summed E-state index contributed by atoms with van der Waals surface area (Å²) in [5, 5.41) is 13.5. The number of hydrazone groups is 1. The predicted molar refractivity (Wildman–Crippen MR) is 113 cm³/mol. The molecule has 2 aromatic carbocycles. The number of aromatic carboxylic acids is 1. The number of carboxylic acids is 1. The van der Waals surface area contributed by atoms with Crippen molar-refractivity contribution < 1.29 is 14.7 Å². The van der Waals surface area contributed by atoms with Gasteiger partial charge in [0.2, 0.25) is 0 Å². The van der Waals surface area contributed by atoms with Crippen molar-refractivity contribution in [2.75, 3.05) is 0 Å². The molecule has 10 heteroatoms. The molecule has 0 bridgehead atoms. The van der Waals surface area contributed by atoms with Gasteiger partial charge < -0.3 is 5.11 Å². The first-order chi connectivity index (χ1) is 13.8. The zero-order valence-corrected chi connectivity index (χ0v) is 17.0. The summed E-state index contributed by atoms with van der Waals surface area (Å²) in [5.74, 6) is -1.52. The number of benzene rings is 2. The number of thiazole rings is 1. The van der Waals surface area contributed by atoms with Crippen molar-refractivity contribution >= 4 is 52.6 Å². The molecular formula is C19H13Cl2N3O4S. The first-order valence-electron chi connectivity index (χ1n) is 8.15. The summed E-state index contributed by atoms with van der Waals surface area (Å²) < 4.78 is 1.30. The molecule has 1 heterocycles. The van der Waals surface area contributed by atoms with E-state index >= 15 is 0 Å². The van der Waals surface area contributed by atoms with Gasteiger partial charge in [0.15, 0.2) is 0 Å². The second-order valence-corrected chi connectivity index (χ2v) is 7.61. The van der Waals surface area contributed by atoms with Crippen LogP contribution in [0.2, 0.25) is 10.2 Å². The summed E-state index contributed by atoms with van der Waals surface area (Å²) >= 11 is 13.0. The Morgan fingerprint density at radius 1 is 1.14 bits per heavy atom. The topological polar surface area (TPSA) is 101 Å². The number of rotatable bonds is 6. The van der Waals surface area contributed by atoms with Crippen molar-refractivity contribution in [3.63, 3.8) is 0 Å². The van der Waals surface area contributed by atoms with E-state index in [1.165, 1.54) is 29.0 Å². The molecule has 1 aromatic heterocycles. The molecule has 0 saturated carbocycles. The number of halogens is 2.